The monoisotopic (exact) mass is 176 g/mol. The summed E-state index contributed by atoms with van der Waals surface area (Å²) in [5.41, 5.74) is 1.62. The molecular weight excluding hydrogens is 166 g/mol. The molecule has 3 heteroatoms. The van der Waals surface area contributed by atoms with Crippen LogP contribution in [0.3, 0.4) is 0 Å². The van der Waals surface area contributed by atoms with E-state index in [1.165, 1.54) is 0 Å². The number of rotatable bonds is 0. The third kappa shape index (κ3) is 1.55. The third-order valence-corrected chi connectivity index (χ3v) is 2.25. The van der Waals surface area contributed by atoms with Crippen molar-refractivity contribution in [3.8, 4) is 0 Å². The van der Waals surface area contributed by atoms with Crippen LogP contribution in [0, 0.1) is 5.21 Å². The molecule has 0 bridgehead atoms. The maximum atomic E-state index is 11.4. The normalized spacial score (nSPS) is 16.7. The van der Waals surface area contributed by atoms with Crippen molar-refractivity contribution >= 4 is 11.5 Å². The lowest BCUT2D eigenvalue weighted by Crippen LogP contribution is -2.21. The molecule has 0 amide bonds. The Balaban J connectivity index is 2.40. The minimum atomic E-state index is -0.00296. The lowest BCUT2D eigenvalue weighted by Gasteiger charge is -2.29. The number of fused-ring (bicyclic) bond motifs is 1. The Kier molecular flexibility index (Phi) is 2.02. The van der Waals surface area contributed by atoms with E-state index in [-0.39, 0.29) is 12.3 Å². The second-order valence-corrected chi connectivity index (χ2v) is 3.20. The number of carbonyl (C=O) groups is 1. The summed E-state index contributed by atoms with van der Waals surface area (Å²) < 4.78 is 0. The second kappa shape index (κ2) is 3.18. The molecule has 13 heavy (non-hydrogen) atoms. The fraction of sp³-hybridized carbons (Fsp3) is 0.300. The molecule has 1 aromatic carbocycles. The van der Waals surface area contributed by atoms with Gasteiger partial charge < -0.3 is 10.3 Å². The lowest BCUT2D eigenvalue weighted by atomic mass is 10.1. The predicted octanol–water partition coefficient (Wildman–Crippen LogP) is 1.51. The lowest BCUT2D eigenvalue weighted by molar-refractivity contribution is -0.117. The van der Waals surface area contributed by atoms with Crippen molar-refractivity contribution in [1.82, 2.24) is 0 Å². The number of para-hydroxylation sites is 1. The molecule has 0 saturated carbocycles. The smallest absolute Gasteiger partial charge is 0.151 e. The molecule has 3 nitrogen and oxygen atoms in total. The Morgan fingerprint density at radius 1 is 1.23 bits per heavy atom. The highest BCUT2D eigenvalue weighted by Crippen LogP contribution is 2.23. The van der Waals surface area contributed by atoms with Crippen LogP contribution in [0.4, 0.5) is 5.69 Å². The van der Waals surface area contributed by atoms with Gasteiger partial charge in [0.05, 0.1) is 6.54 Å². The number of aryl methyl sites for hydroxylation is 1. The van der Waals surface area contributed by atoms with Crippen LogP contribution < -0.4 is 5.06 Å². The predicted molar refractivity (Wildman–Crippen MR) is 50.5 cm³/mol. The molecule has 1 aromatic rings. The van der Waals surface area contributed by atoms with Crippen LogP contribution in [0.25, 0.3) is 0 Å². The van der Waals surface area contributed by atoms with Crippen LogP contribution >= 0.6 is 0 Å². The Morgan fingerprint density at radius 3 is 2.85 bits per heavy atom. The molecule has 2 rings (SSSR count). The molecule has 0 unspecified atom stereocenters. The molecule has 0 atom stereocenters. The highest BCUT2D eigenvalue weighted by molar-refractivity contribution is 5.85. The number of nitrogens with zero attached hydrogens (tertiary/aromatic N) is 1. The number of hydrogen-bond donors (Lipinski definition) is 0. The zero-order valence-corrected chi connectivity index (χ0v) is 7.19. The van der Waals surface area contributed by atoms with Crippen LogP contribution in [0.2, 0.25) is 0 Å². The zero-order valence-electron chi connectivity index (χ0n) is 7.19. The number of anilines is 1. The van der Waals surface area contributed by atoms with Gasteiger partial charge in [-0.1, -0.05) is 18.2 Å². The van der Waals surface area contributed by atoms with Gasteiger partial charge in [-0.05, 0) is 18.1 Å². The molecule has 68 valence electrons. The van der Waals surface area contributed by atoms with E-state index in [0.717, 1.165) is 10.6 Å². The average Bonchev–Trinajstić information content (AvgIpc) is 2.27. The van der Waals surface area contributed by atoms with Gasteiger partial charge in [0.1, 0.15) is 0 Å². The van der Waals surface area contributed by atoms with Crippen LogP contribution in [-0.2, 0) is 11.2 Å². The summed E-state index contributed by atoms with van der Waals surface area (Å²) in [4.78, 5) is 11.1. The van der Waals surface area contributed by atoms with E-state index in [0.29, 0.717) is 18.5 Å². The number of hydrogen-bond acceptors (Lipinski definition) is 3. The Labute approximate surface area is 76.6 Å². The fourth-order valence-corrected chi connectivity index (χ4v) is 1.56. The summed E-state index contributed by atoms with van der Waals surface area (Å²) in [5.74, 6) is 0.0196. The van der Waals surface area contributed by atoms with Gasteiger partial charge in [0.2, 0.25) is 0 Å². The van der Waals surface area contributed by atoms with E-state index >= 15 is 0 Å². The largest absolute Gasteiger partial charge is 0.758 e. The summed E-state index contributed by atoms with van der Waals surface area (Å²) in [6.45, 7) is -0.00296. The molecule has 0 spiro atoms. The number of Topliss-reactive ketones (excluding diaryl/α,β-unsaturated/α-hetero) is 1. The topological polar surface area (TPSA) is 43.4 Å². The summed E-state index contributed by atoms with van der Waals surface area (Å²) in [6.07, 6.45) is 1.17. The van der Waals surface area contributed by atoms with Crippen LogP contribution in [0.15, 0.2) is 24.3 Å². The Morgan fingerprint density at radius 2 is 2.00 bits per heavy atom. The summed E-state index contributed by atoms with van der Waals surface area (Å²) in [7, 11) is 0. The molecule has 0 radical (unpaired) electrons. The SMILES string of the molecule is O=C1CCc2ccccc2N([O-])C1. The van der Waals surface area contributed by atoms with Crippen molar-refractivity contribution in [2.24, 2.45) is 0 Å². The molecule has 1 heterocycles. The highest BCUT2D eigenvalue weighted by atomic mass is 16.5. The van der Waals surface area contributed by atoms with E-state index in [2.05, 4.69) is 0 Å². The molecular formula is C10H10NO2-. The van der Waals surface area contributed by atoms with Gasteiger partial charge in [0.25, 0.3) is 0 Å². The van der Waals surface area contributed by atoms with Crippen molar-refractivity contribution in [3.63, 3.8) is 0 Å². The van der Waals surface area contributed by atoms with Crippen LogP contribution in [-0.4, -0.2) is 12.3 Å². The average molecular weight is 176 g/mol. The van der Waals surface area contributed by atoms with Crippen LogP contribution in [0.1, 0.15) is 12.0 Å². The fourth-order valence-electron chi connectivity index (χ4n) is 1.56. The van der Waals surface area contributed by atoms with E-state index in [9.17, 15) is 10.0 Å². The van der Waals surface area contributed by atoms with Gasteiger partial charge in [0.15, 0.2) is 5.78 Å². The van der Waals surface area contributed by atoms with Gasteiger partial charge in [-0.3, -0.25) is 4.79 Å². The van der Waals surface area contributed by atoms with Crippen LogP contribution in [0.5, 0.6) is 0 Å². The first-order valence-corrected chi connectivity index (χ1v) is 4.31. The van der Waals surface area contributed by atoms with Crippen molar-refractivity contribution in [3.05, 3.63) is 35.0 Å². The highest BCUT2D eigenvalue weighted by Gasteiger charge is 2.12. The van der Waals surface area contributed by atoms with E-state index in [1.807, 2.05) is 18.2 Å². The van der Waals surface area contributed by atoms with E-state index in [4.69, 9.17) is 0 Å². The van der Waals surface area contributed by atoms with Crippen molar-refractivity contribution < 1.29 is 4.79 Å². The minimum Gasteiger partial charge on any atom is -0.758 e. The van der Waals surface area contributed by atoms with E-state index < -0.39 is 0 Å². The molecule has 0 N–H and O–H groups in total. The number of benzene rings is 1. The Bertz CT molecular complexity index is 335. The number of ketones is 1. The molecule has 0 aromatic heterocycles. The maximum absolute atomic E-state index is 11.4. The number of carbonyl (C=O) groups excluding carboxylic acids is 1. The molecule has 1 aliphatic rings. The van der Waals surface area contributed by atoms with Crippen molar-refractivity contribution in [1.29, 1.82) is 0 Å². The van der Waals surface area contributed by atoms with Gasteiger partial charge in [-0.15, -0.1) is 0 Å². The Hall–Kier alpha value is -1.35. The summed E-state index contributed by atoms with van der Waals surface area (Å²) >= 11 is 0. The van der Waals surface area contributed by atoms with Crippen molar-refractivity contribution in [2.75, 3.05) is 11.6 Å². The quantitative estimate of drug-likeness (QED) is 0.601. The zero-order chi connectivity index (χ0) is 9.26. The molecule has 1 aliphatic heterocycles. The second-order valence-electron chi connectivity index (χ2n) is 3.20. The van der Waals surface area contributed by atoms with E-state index in [1.54, 1.807) is 6.07 Å². The molecule has 0 aliphatic carbocycles. The minimum absolute atomic E-state index is 0.00296. The molecule has 0 fully saturated rings. The molecule has 0 saturated heterocycles. The first-order valence-electron chi connectivity index (χ1n) is 4.31. The van der Waals surface area contributed by atoms with Gasteiger partial charge in [-0.2, -0.15) is 0 Å². The maximum Gasteiger partial charge on any atom is 0.151 e. The third-order valence-electron chi connectivity index (χ3n) is 2.25. The number of hydroxylamine groups is 1. The van der Waals surface area contributed by atoms with Crippen molar-refractivity contribution in [2.45, 2.75) is 12.8 Å². The van der Waals surface area contributed by atoms with Gasteiger partial charge in [-0.25, -0.2) is 0 Å². The van der Waals surface area contributed by atoms with Gasteiger partial charge >= 0.3 is 0 Å². The summed E-state index contributed by atoms with van der Waals surface area (Å²) in [6, 6.07) is 7.38. The summed E-state index contributed by atoms with van der Waals surface area (Å²) in [5, 5.41) is 12.2. The standard InChI is InChI=1S/C10H10NO2/c12-9-6-5-8-3-1-2-4-10(8)11(13)7-9/h1-4H,5-7H2/q-1. The first-order chi connectivity index (χ1) is 6.27. The van der Waals surface area contributed by atoms with Gasteiger partial charge in [0, 0.05) is 12.1 Å². The first kappa shape index (κ1) is 8.26.